The van der Waals surface area contributed by atoms with Crippen molar-refractivity contribution >= 4 is 15.9 Å². The number of hydrogen-bond acceptors (Lipinski definition) is 3. The molecule has 0 saturated heterocycles. The summed E-state index contributed by atoms with van der Waals surface area (Å²) in [5, 5.41) is 0. The molecule has 84 valence electrons. The highest BCUT2D eigenvalue weighted by molar-refractivity contribution is 9.10. The Morgan fingerprint density at radius 1 is 1.44 bits per heavy atom. The van der Waals surface area contributed by atoms with Gasteiger partial charge in [0.25, 0.3) is 0 Å². The zero-order valence-corrected chi connectivity index (χ0v) is 10.7. The van der Waals surface area contributed by atoms with Crippen molar-refractivity contribution in [3.63, 3.8) is 0 Å². The Kier molecular flexibility index (Phi) is 3.41. The van der Waals surface area contributed by atoms with Crippen LogP contribution in [0.15, 0.2) is 33.3 Å². The molecule has 0 unspecified atom stereocenters. The van der Waals surface area contributed by atoms with Gasteiger partial charge in [0.15, 0.2) is 0 Å². The number of aryl methyl sites for hydroxylation is 1. The van der Waals surface area contributed by atoms with Crippen molar-refractivity contribution in [2.24, 2.45) is 0 Å². The summed E-state index contributed by atoms with van der Waals surface area (Å²) in [5.74, 6) is 1.45. The quantitative estimate of drug-likeness (QED) is 0.863. The summed E-state index contributed by atoms with van der Waals surface area (Å²) in [6.07, 6.45) is 1.72. The lowest BCUT2D eigenvalue weighted by molar-refractivity contribution is 0.184. The maximum Gasteiger partial charge on any atom is 0.226 e. The van der Waals surface area contributed by atoms with Gasteiger partial charge in [0.1, 0.15) is 5.76 Å². The third-order valence-electron chi connectivity index (χ3n) is 2.21. The van der Waals surface area contributed by atoms with Crippen molar-refractivity contribution in [1.82, 2.24) is 4.98 Å². The normalized spacial score (nSPS) is 10.7. The first-order valence-electron chi connectivity index (χ1n) is 4.91. The predicted octanol–water partition coefficient (Wildman–Crippen LogP) is 3.56. The van der Waals surface area contributed by atoms with Gasteiger partial charge in [-0.15, -0.1) is 0 Å². The van der Waals surface area contributed by atoms with E-state index in [0.717, 1.165) is 21.4 Å². The van der Waals surface area contributed by atoms with Crippen LogP contribution in [0.25, 0.3) is 11.5 Å². The standard InChI is InChI=1S/C12H12BrNO2/c1-8-6-14-12(16-8)9-3-4-11(13)10(5-9)7-15-2/h3-6H,7H2,1-2H3. The van der Waals surface area contributed by atoms with Crippen molar-refractivity contribution in [3.8, 4) is 11.5 Å². The van der Waals surface area contributed by atoms with Crippen molar-refractivity contribution in [2.45, 2.75) is 13.5 Å². The third-order valence-corrected chi connectivity index (χ3v) is 2.99. The molecular weight excluding hydrogens is 270 g/mol. The van der Waals surface area contributed by atoms with Crippen LogP contribution in [-0.4, -0.2) is 12.1 Å². The minimum absolute atomic E-state index is 0.564. The first-order valence-corrected chi connectivity index (χ1v) is 5.70. The zero-order chi connectivity index (χ0) is 11.5. The third kappa shape index (κ3) is 2.33. The number of benzene rings is 1. The Bertz CT molecular complexity index is 494. The lowest BCUT2D eigenvalue weighted by atomic mass is 10.1. The van der Waals surface area contributed by atoms with Gasteiger partial charge in [-0.2, -0.15) is 0 Å². The number of oxazole rings is 1. The monoisotopic (exact) mass is 281 g/mol. The topological polar surface area (TPSA) is 35.3 Å². The number of halogens is 1. The minimum Gasteiger partial charge on any atom is -0.441 e. The Hall–Kier alpha value is -1.13. The minimum atomic E-state index is 0.564. The fourth-order valence-corrected chi connectivity index (χ4v) is 1.82. The number of hydrogen-bond donors (Lipinski definition) is 0. The fraction of sp³-hybridized carbons (Fsp3) is 0.250. The molecule has 0 aliphatic heterocycles. The maximum absolute atomic E-state index is 5.48. The highest BCUT2D eigenvalue weighted by Crippen LogP contribution is 2.25. The highest BCUT2D eigenvalue weighted by Gasteiger charge is 2.07. The van der Waals surface area contributed by atoms with E-state index in [1.165, 1.54) is 0 Å². The molecular formula is C12H12BrNO2. The SMILES string of the molecule is COCc1cc(-c2ncc(C)o2)ccc1Br. The van der Waals surface area contributed by atoms with Gasteiger partial charge in [-0.25, -0.2) is 4.98 Å². The first kappa shape index (κ1) is 11.4. The summed E-state index contributed by atoms with van der Waals surface area (Å²) in [6.45, 7) is 2.44. The average molecular weight is 282 g/mol. The zero-order valence-electron chi connectivity index (χ0n) is 9.16. The Morgan fingerprint density at radius 3 is 2.88 bits per heavy atom. The van der Waals surface area contributed by atoms with Crippen LogP contribution in [-0.2, 0) is 11.3 Å². The van der Waals surface area contributed by atoms with Crippen molar-refractivity contribution in [3.05, 3.63) is 40.2 Å². The molecule has 1 aromatic carbocycles. The van der Waals surface area contributed by atoms with Crippen LogP contribution < -0.4 is 0 Å². The molecule has 0 amide bonds. The maximum atomic E-state index is 5.48. The Morgan fingerprint density at radius 2 is 2.25 bits per heavy atom. The number of ether oxygens (including phenoxy) is 1. The molecule has 2 aromatic rings. The second-order valence-electron chi connectivity index (χ2n) is 3.52. The molecule has 1 aromatic heterocycles. The molecule has 0 aliphatic rings. The summed E-state index contributed by atoms with van der Waals surface area (Å²) in [4.78, 5) is 4.19. The van der Waals surface area contributed by atoms with E-state index in [0.29, 0.717) is 12.5 Å². The lowest BCUT2D eigenvalue weighted by Crippen LogP contribution is -1.90. The van der Waals surface area contributed by atoms with E-state index in [9.17, 15) is 0 Å². The molecule has 0 N–H and O–H groups in total. The van der Waals surface area contributed by atoms with Crippen molar-refractivity contribution in [2.75, 3.05) is 7.11 Å². The molecule has 0 atom stereocenters. The largest absolute Gasteiger partial charge is 0.441 e. The summed E-state index contributed by atoms with van der Waals surface area (Å²) in [5.41, 5.74) is 2.04. The van der Waals surface area contributed by atoms with Crippen LogP contribution in [0.1, 0.15) is 11.3 Å². The average Bonchev–Trinajstić information content (AvgIpc) is 2.69. The predicted molar refractivity (Wildman–Crippen MR) is 65.1 cm³/mol. The molecule has 0 radical (unpaired) electrons. The van der Waals surface area contributed by atoms with E-state index in [-0.39, 0.29) is 0 Å². The van der Waals surface area contributed by atoms with Gasteiger partial charge in [-0.3, -0.25) is 0 Å². The van der Waals surface area contributed by atoms with Gasteiger partial charge in [0, 0.05) is 17.1 Å². The summed E-state index contributed by atoms with van der Waals surface area (Å²) in [6, 6.07) is 5.95. The van der Waals surface area contributed by atoms with Crippen LogP contribution >= 0.6 is 15.9 Å². The number of aromatic nitrogens is 1. The summed E-state index contributed by atoms with van der Waals surface area (Å²) >= 11 is 3.48. The fourth-order valence-electron chi connectivity index (χ4n) is 1.46. The molecule has 0 bridgehead atoms. The molecule has 4 heteroatoms. The number of rotatable bonds is 3. The van der Waals surface area contributed by atoms with E-state index in [4.69, 9.17) is 9.15 Å². The smallest absolute Gasteiger partial charge is 0.226 e. The van der Waals surface area contributed by atoms with Crippen LogP contribution in [0, 0.1) is 6.92 Å². The van der Waals surface area contributed by atoms with Gasteiger partial charge >= 0.3 is 0 Å². The molecule has 0 aliphatic carbocycles. The van der Waals surface area contributed by atoms with Gasteiger partial charge in [-0.05, 0) is 30.7 Å². The van der Waals surface area contributed by atoms with Gasteiger partial charge in [0.2, 0.25) is 5.89 Å². The second kappa shape index (κ2) is 4.80. The summed E-state index contributed by atoms with van der Waals surface area (Å²) in [7, 11) is 1.68. The molecule has 1 heterocycles. The van der Waals surface area contributed by atoms with Gasteiger partial charge < -0.3 is 9.15 Å². The molecule has 16 heavy (non-hydrogen) atoms. The van der Waals surface area contributed by atoms with Gasteiger partial charge in [-0.1, -0.05) is 15.9 Å². The molecule has 0 saturated carbocycles. The summed E-state index contributed by atoms with van der Waals surface area (Å²) < 4.78 is 11.6. The molecule has 0 fully saturated rings. The number of nitrogens with zero attached hydrogens (tertiary/aromatic N) is 1. The van der Waals surface area contributed by atoms with Crippen LogP contribution in [0.5, 0.6) is 0 Å². The van der Waals surface area contributed by atoms with E-state index >= 15 is 0 Å². The second-order valence-corrected chi connectivity index (χ2v) is 4.37. The van der Waals surface area contributed by atoms with E-state index in [2.05, 4.69) is 20.9 Å². The van der Waals surface area contributed by atoms with Crippen molar-refractivity contribution in [1.29, 1.82) is 0 Å². The molecule has 2 rings (SSSR count). The Labute approximate surface area is 103 Å². The first-order chi connectivity index (χ1) is 7.70. The van der Waals surface area contributed by atoms with Gasteiger partial charge in [0.05, 0.1) is 12.8 Å². The van der Waals surface area contributed by atoms with E-state index < -0.39 is 0 Å². The van der Waals surface area contributed by atoms with Crippen molar-refractivity contribution < 1.29 is 9.15 Å². The van der Waals surface area contributed by atoms with Crippen LogP contribution in [0.2, 0.25) is 0 Å². The van der Waals surface area contributed by atoms with Crippen LogP contribution in [0.3, 0.4) is 0 Å². The van der Waals surface area contributed by atoms with E-state index in [1.54, 1.807) is 13.3 Å². The molecule has 0 spiro atoms. The lowest BCUT2D eigenvalue weighted by Gasteiger charge is -2.04. The van der Waals surface area contributed by atoms with E-state index in [1.807, 2.05) is 25.1 Å². The Balaban J connectivity index is 2.39. The molecule has 3 nitrogen and oxygen atoms in total. The number of methoxy groups -OCH3 is 1. The van der Waals surface area contributed by atoms with Crippen LogP contribution in [0.4, 0.5) is 0 Å². The highest BCUT2D eigenvalue weighted by atomic mass is 79.9.